The first-order chi connectivity index (χ1) is 4.42. The van der Waals surface area contributed by atoms with Gasteiger partial charge >= 0.3 is 0 Å². The minimum Gasteiger partial charge on any atom is -0.306 e. The Balaban J connectivity index is 3.80. The molecule has 5 heteroatoms. The minimum atomic E-state index is -3.45. The van der Waals surface area contributed by atoms with E-state index in [4.69, 9.17) is 10.7 Å². The first kappa shape index (κ1) is 9.94. The summed E-state index contributed by atoms with van der Waals surface area (Å²) in [6.45, 7) is 0.575. The summed E-state index contributed by atoms with van der Waals surface area (Å²) >= 11 is 0. The summed E-state index contributed by atoms with van der Waals surface area (Å²) in [7, 11) is 5.11. The van der Waals surface area contributed by atoms with E-state index in [9.17, 15) is 8.42 Å². The second-order valence-electron chi connectivity index (χ2n) is 2.11. The molecule has 0 aliphatic heterocycles. The van der Waals surface area contributed by atoms with Crippen molar-refractivity contribution >= 4 is 19.7 Å². The zero-order valence-electron chi connectivity index (χ0n) is 5.91. The third kappa shape index (κ3) is 7.94. The Morgan fingerprint density at radius 2 is 2.00 bits per heavy atom. The third-order valence-corrected chi connectivity index (χ3v) is 1.56. The quantitative estimate of drug-likeness (QED) is 0.603. The molecule has 0 N–H and O–H groups in total. The van der Waals surface area contributed by atoms with Crippen LogP contribution < -0.4 is 0 Å². The molecule has 0 aliphatic rings. The summed E-state index contributed by atoms with van der Waals surface area (Å²) in [6.07, 6.45) is 1.49. The van der Waals surface area contributed by atoms with E-state index in [1.807, 2.05) is 19.0 Å². The van der Waals surface area contributed by atoms with Crippen LogP contribution in [-0.4, -0.2) is 34.0 Å². The van der Waals surface area contributed by atoms with Gasteiger partial charge < -0.3 is 4.90 Å². The Labute approximate surface area is 65.7 Å². The Hall–Kier alpha value is -0.0600. The average molecular weight is 184 g/mol. The molecule has 0 aromatic carbocycles. The van der Waals surface area contributed by atoms with Gasteiger partial charge in [-0.25, -0.2) is 8.42 Å². The molecule has 0 fully saturated rings. The lowest BCUT2D eigenvalue weighted by atomic mass is 10.6. The molecule has 0 atom stereocenters. The van der Waals surface area contributed by atoms with Crippen LogP contribution in [0.25, 0.3) is 0 Å². The maximum atomic E-state index is 10.3. The number of nitrogens with zero attached hydrogens (tertiary/aromatic N) is 1. The van der Waals surface area contributed by atoms with Crippen LogP contribution in [0.1, 0.15) is 0 Å². The molecule has 10 heavy (non-hydrogen) atoms. The molecule has 0 heterocycles. The van der Waals surface area contributed by atoms with E-state index in [1.165, 1.54) is 6.08 Å². The molecule has 0 radical (unpaired) electrons. The maximum Gasteiger partial charge on any atom is 0.254 e. The summed E-state index contributed by atoms with van der Waals surface area (Å²) in [4.78, 5) is 1.83. The Morgan fingerprint density at radius 3 is 2.30 bits per heavy atom. The molecule has 0 aromatic heterocycles. The van der Waals surface area contributed by atoms with Crippen molar-refractivity contribution in [2.45, 2.75) is 0 Å². The van der Waals surface area contributed by atoms with Gasteiger partial charge in [0.25, 0.3) is 9.05 Å². The van der Waals surface area contributed by atoms with Crippen LogP contribution in [0.5, 0.6) is 0 Å². The monoisotopic (exact) mass is 183 g/mol. The second-order valence-corrected chi connectivity index (χ2v) is 4.62. The predicted molar refractivity (Wildman–Crippen MR) is 42.5 cm³/mol. The molecule has 0 unspecified atom stereocenters. The van der Waals surface area contributed by atoms with Crippen molar-refractivity contribution in [2.24, 2.45) is 0 Å². The van der Waals surface area contributed by atoms with E-state index < -0.39 is 9.05 Å². The highest BCUT2D eigenvalue weighted by molar-refractivity contribution is 8.16. The highest BCUT2D eigenvalue weighted by Gasteiger charge is 1.94. The van der Waals surface area contributed by atoms with Gasteiger partial charge in [-0.1, -0.05) is 6.08 Å². The largest absolute Gasteiger partial charge is 0.306 e. The number of rotatable bonds is 3. The first-order valence-corrected chi connectivity index (χ1v) is 5.05. The fourth-order valence-electron chi connectivity index (χ4n) is 0.369. The van der Waals surface area contributed by atoms with E-state index in [0.717, 1.165) is 5.41 Å². The molecular formula is C5H10ClNO2S. The SMILES string of the molecule is CN(C)CC=CS(=O)(=O)Cl. The predicted octanol–water partition coefficient (Wildman–Crippen LogP) is 0.630. The number of hydrogen-bond acceptors (Lipinski definition) is 3. The highest BCUT2D eigenvalue weighted by atomic mass is 35.7. The van der Waals surface area contributed by atoms with Crippen LogP contribution in [0.3, 0.4) is 0 Å². The number of halogens is 1. The van der Waals surface area contributed by atoms with Crippen molar-refractivity contribution in [1.29, 1.82) is 0 Å². The fraction of sp³-hybridized carbons (Fsp3) is 0.600. The van der Waals surface area contributed by atoms with E-state index in [0.29, 0.717) is 6.54 Å². The van der Waals surface area contributed by atoms with Gasteiger partial charge in [0.15, 0.2) is 0 Å². The lowest BCUT2D eigenvalue weighted by Crippen LogP contribution is -2.10. The average Bonchev–Trinajstić information content (AvgIpc) is 1.59. The summed E-state index contributed by atoms with van der Waals surface area (Å²) in [5, 5.41) is 0.981. The number of likely N-dealkylation sites (N-methyl/N-ethyl adjacent to an activating group) is 1. The summed E-state index contributed by atoms with van der Waals surface area (Å²) in [6, 6.07) is 0. The smallest absolute Gasteiger partial charge is 0.254 e. The molecule has 0 bridgehead atoms. The van der Waals surface area contributed by atoms with Crippen LogP contribution >= 0.6 is 10.7 Å². The van der Waals surface area contributed by atoms with Crippen LogP contribution in [0.15, 0.2) is 11.5 Å². The topological polar surface area (TPSA) is 37.4 Å². The molecule has 60 valence electrons. The van der Waals surface area contributed by atoms with Crippen molar-refractivity contribution < 1.29 is 8.42 Å². The van der Waals surface area contributed by atoms with E-state index in [2.05, 4.69) is 0 Å². The van der Waals surface area contributed by atoms with Gasteiger partial charge in [0.1, 0.15) is 0 Å². The normalized spacial score (nSPS) is 13.2. The second kappa shape index (κ2) is 3.95. The molecule has 0 saturated heterocycles. The van der Waals surface area contributed by atoms with E-state index >= 15 is 0 Å². The van der Waals surface area contributed by atoms with Gasteiger partial charge in [-0.2, -0.15) is 0 Å². The summed E-state index contributed by atoms with van der Waals surface area (Å²) in [5.74, 6) is 0. The van der Waals surface area contributed by atoms with Crippen molar-refractivity contribution in [1.82, 2.24) is 4.90 Å². The molecular weight excluding hydrogens is 174 g/mol. The lowest BCUT2D eigenvalue weighted by molar-refractivity contribution is 0.456. The van der Waals surface area contributed by atoms with Gasteiger partial charge in [-0.3, -0.25) is 0 Å². The lowest BCUT2D eigenvalue weighted by Gasteiger charge is -2.02. The van der Waals surface area contributed by atoms with E-state index in [-0.39, 0.29) is 0 Å². The highest BCUT2D eigenvalue weighted by Crippen LogP contribution is 1.96. The zero-order chi connectivity index (χ0) is 8.20. The van der Waals surface area contributed by atoms with Crippen LogP contribution in [0, 0.1) is 0 Å². The molecule has 0 aromatic rings. The number of hydrogen-bond donors (Lipinski definition) is 0. The van der Waals surface area contributed by atoms with Gasteiger partial charge in [0.2, 0.25) is 0 Å². The molecule has 0 rings (SSSR count). The van der Waals surface area contributed by atoms with E-state index in [1.54, 1.807) is 0 Å². The van der Waals surface area contributed by atoms with Crippen molar-refractivity contribution in [2.75, 3.05) is 20.6 Å². The first-order valence-electron chi connectivity index (χ1n) is 2.68. The molecule has 0 spiro atoms. The standard InChI is InChI=1S/C5H10ClNO2S/c1-7(2)4-3-5-10(6,8)9/h3,5H,4H2,1-2H3. The van der Waals surface area contributed by atoms with Gasteiger partial charge in [-0.15, -0.1) is 0 Å². The van der Waals surface area contributed by atoms with Crippen molar-refractivity contribution in [3.8, 4) is 0 Å². The Bertz CT molecular complexity index is 208. The molecule has 0 aliphatic carbocycles. The van der Waals surface area contributed by atoms with Crippen LogP contribution in [-0.2, 0) is 9.05 Å². The van der Waals surface area contributed by atoms with Crippen molar-refractivity contribution in [3.63, 3.8) is 0 Å². The zero-order valence-corrected chi connectivity index (χ0v) is 7.48. The maximum absolute atomic E-state index is 10.3. The van der Waals surface area contributed by atoms with Gasteiger partial charge in [-0.05, 0) is 14.1 Å². The Kier molecular flexibility index (Phi) is 3.93. The molecule has 0 amide bonds. The summed E-state index contributed by atoms with van der Waals surface area (Å²) < 4.78 is 20.5. The summed E-state index contributed by atoms with van der Waals surface area (Å²) in [5.41, 5.74) is 0. The van der Waals surface area contributed by atoms with Crippen LogP contribution in [0.4, 0.5) is 0 Å². The molecule has 3 nitrogen and oxygen atoms in total. The third-order valence-electron chi connectivity index (χ3n) is 0.729. The van der Waals surface area contributed by atoms with Crippen molar-refractivity contribution in [3.05, 3.63) is 11.5 Å². The Morgan fingerprint density at radius 1 is 1.50 bits per heavy atom. The molecule has 0 saturated carbocycles. The van der Waals surface area contributed by atoms with Gasteiger partial charge in [0.05, 0.1) is 0 Å². The minimum absolute atomic E-state index is 0.575. The van der Waals surface area contributed by atoms with Crippen LogP contribution in [0.2, 0.25) is 0 Å². The van der Waals surface area contributed by atoms with Gasteiger partial charge in [0, 0.05) is 22.6 Å². The fourth-order valence-corrected chi connectivity index (χ4v) is 0.903.